The van der Waals surface area contributed by atoms with Crippen LogP contribution in [-0.2, 0) is 19.3 Å². The van der Waals surface area contributed by atoms with Crippen molar-refractivity contribution in [1.29, 1.82) is 0 Å². The molecule has 104 valence electrons. The van der Waals surface area contributed by atoms with Crippen LogP contribution in [0.3, 0.4) is 0 Å². The number of hydrogen-bond acceptors (Lipinski definition) is 0. The standard InChI is InChI=1S/C22H16/c1-5-13-14-6-2-10-18(14)22-20-12-4-8-16(20)15-7-3-11-19(15)21(22)17(13)9-1/h1-3,8-12H,4-7H2. The van der Waals surface area contributed by atoms with Crippen molar-refractivity contribution in [2.24, 2.45) is 0 Å². The first-order valence-corrected chi connectivity index (χ1v) is 8.30. The third-order valence-electron chi connectivity index (χ3n) is 5.75. The number of benzene rings is 2. The van der Waals surface area contributed by atoms with E-state index in [1.807, 2.05) is 0 Å². The van der Waals surface area contributed by atoms with E-state index in [0.717, 1.165) is 25.7 Å². The van der Waals surface area contributed by atoms with Crippen molar-refractivity contribution in [3.05, 3.63) is 62.0 Å². The molecule has 0 heterocycles. The average Bonchev–Trinajstić information content (AvgIpc) is 3.28. The van der Waals surface area contributed by atoms with Gasteiger partial charge in [-0.15, -0.1) is 0 Å². The minimum absolute atomic E-state index is 1.09. The molecule has 4 aliphatic carbocycles. The Balaban J connectivity index is 2.02. The minimum Gasteiger partial charge on any atom is -0.0795 e. The Labute approximate surface area is 129 Å². The Morgan fingerprint density at radius 1 is 0.545 bits per heavy atom. The van der Waals surface area contributed by atoms with Gasteiger partial charge in [0.25, 0.3) is 0 Å². The summed E-state index contributed by atoms with van der Waals surface area (Å²) < 4.78 is 0. The highest BCUT2D eigenvalue weighted by Crippen LogP contribution is 2.40. The van der Waals surface area contributed by atoms with Crippen molar-refractivity contribution in [2.75, 3.05) is 0 Å². The second kappa shape index (κ2) is 3.70. The minimum atomic E-state index is 1.09. The van der Waals surface area contributed by atoms with Crippen LogP contribution in [0.15, 0.2) is 18.2 Å². The largest absolute Gasteiger partial charge is 0.0795 e. The van der Waals surface area contributed by atoms with Crippen LogP contribution in [-0.4, -0.2) is 0 Å². The van der Waals surface area contributed by atoms with Crippen molar-refractivity contribution < 1.29 is 0 Å². The topological polar surface area (TPSA) is 0 Å². The molecular formula is C22H16. The summed E-state index contributed by atoms with van der Waals surface area (Å²) >= 11 is 0. The molecule has 22 heavy (non-hydrogen) atoms. The molecule has 0 aliphatic heterocycles. The van der Waals surface area contributed by atoms with Crippen molar-refractivity contribution in [1.82, 2.24) is 0 Å². The Bertz CT molecular complexity index is 1100. The summed E-state index contributed by atoms with van der Waals surface area (Å²) in [5.74, 6) is 0. The molecule has 0 saturated carbocycles. The lowest BCUT2D eigenvalue weighted by atomic mass is 9.86. The molecule has 0 unspecified atom stereocenters. The predicted molar refractivity (Wildman–Crippen MR) is 95.0 cm³/mol. The first-order chi connectivity index (χ1) is 10.9. The normalized spacial score (nSPS) is 18.4. The van der Waals surface area contributed by atoms with Crippen LogP contribution in [0.25, 0.3) is 41.2 Å². The highest BCUT2D eigenvalue weighted by atomic mass is 14.3. The lowest BCUT2D eigenvalue weighted by molar-refractivity contribution is 1.19. The van der Waals surface area contributed by atoms with E-state index in [-0.39, 0.29) is 0 Å². The third-order valence-corrected chi connectivity index (χ3v) is 5.75. The van der Waals surface area contributed by atoms with E-state index in [9.17, 15) is 0 Å². The highest BCUT2D eigenvalue weighted by Gasteiger charge is 2.25. The predicted octanol–water partition coefficient (Wildman–Crippen LogP) is 3.51. The van der Waals surface area contributed by atoms with Crippen LogP contribution >= 0.6 is 0 Å². The maximum absolute atomic E-state index is 2.44. The Morgan fingerprint density at radius 2 is 1.09 bits per heavy atom. The quantitative estimate of drug-likeness (QED) is 0.693. The van der Waals surface area contributed by atoms with Crippen molar-refractivity contribution in [2.45, 2.75) is 25.7 Å². The van der Waals surface area contributed by atoms with E-state index in [1.165, 1.54) is 37.9 Å². The number of allylic oxidation sites excluding steroid dienone is 3. The Hall–Kier alpha value is -2.34. The van der Waals surface area contributed by atoms with Crippen molar-refractivity contribution in [3.8, 4) is 0 Å². The molecule has 0 spiro atoms. The number of rotatable bonds is 0. The van der Waals surface area contributed by atoms with Gasteiger partial charge in [-0.25, -0.2) is 0 Å². The molecule has 0 radical (unpaired) electrons. The number of fused-ring (bicyclic) bond motifs is 11. The second-order valence-electron chi connectivity index (χ2n) is 6.72. The first kappa shape index (κ1) is 11.3. The molecule has 2 aromatic carbocycles. The van der Waals surface area contributed by atoms with Crippen LogP contribution < -0.4 is 10.4 Å². The van der Waals surface area contributed by atoms with Gasteiger partial charge in [0.2, 0.25) is 0 Å². The summed E-state index contributed by atoms with van der Waals surface area (Å²) in [6.07, 6.45) is 23.4. The summed E-state index contributed by atoms with van der Waals surface area (Å²) in [7, 11) is 0. The summed E-state index contributed by atoms with van der Waals surface area (Å²) in [6, 6.07) is 0. The van der Waals surface area contributed by atoms with Crippen LogP contribution in [0.5, 0.6) is 0 Å². The Kier molecular flexibility index (Phi) is 1.89. The SMILES string of the molecule is C1=Cc2c(c3c(c4c5c(c6c(c24)C=CC6)=CCC=5)C=CC3)C1. The van der Waals surface area contributed by atoms with Crippen LogP contribution in [0.1, 0.15) is 39.8 Å². The maximum Gasteiger partial charge on any atom is -0.00207 e. The van der Waals surface area contributed by atoms with E-state index in [1.54, 1.807) is 16.7 Å². The fraction of sp³-hybridized carbons (Fsp3) is 0.182. The lowest BCUT2D eigenvalue weighted by Crippen LogP contribution is -2.28. The van der Waals surface area contributed by atoms with Crippen molar-refractivity contribution >= 4 is 41.2 Å². The van der Waals surface area contributed by atoms with Crippen LogP contribution in [0.2, 0.25) is 0 Å². The van der Waals surface area contributed by atoms with Crippen LogP contribution in [0.4, 0.5) is 0 Å². The molecule has 2 aromatic rings. The molecule has 0 bridgehead atoms. The monoisotopic (exact) mass is 280 g/mol. The van der Waals surface area contributed by atoms with E-state index < -0.39 is 0 Å². The van der Waals surface area contributed by atoms with Crippen molar-refractivity contribution in [3.63, 3.8) is 0 Å². The molecule has 0 aromatic heterocycles. The van der Waals surface area contributed by atoms with Gasteiger partial charge >= 0.3 is 0 Å². The van der Waals surface area contributed by atoms with Gasteiger partial charge in [-0.05, 0) is 80.3 Å². The van der Waals surface area contributed by atoms with Crippen LogP contribution in [0, 0.1) is 0 Å². The Morgan fingerprint density at radius 3 is 1.82 bits per heavy atom. The number of hydrogen-bond donors (Lipinski definition) is 0. The molecule has 0 saturated heterocycles. The van der Waals surface area contributed by atoms with Gasteiger partial charge in [-0.1, -0.05) is 48.6 Å². The molecule has 0 amide bonds. The molecule has 0 N–H and O–H groups in total. The fourth-order valence-corrected chi connectivity index (χ4v) is 4.91. The maximum atomic E-state index is 2.44. The molecule has 0 fully saturated rings. The van der Waals surface area contributed by atoms with E-state index >= 15 is 0 Å². The molecule has 6 rings (SSSR count). The third kappa shape index (κ3) is 1.14. The van der Waals surface area contributed by atoms with Gasteiger partial charge in [0.1, 0.15) is 0 Å². The highest BCUT2D eigenvalue weighted by molar-refractivity contribution is 6.07. The summed E-state index contributed by atoms with van der Waals surface area (Å²) in [5.41, 5.74) is 9.22. The zero-order valence-corrected chi connectivity index (χ0v) is 12.4. The first-order valence-electron chi connectivity index (χ1n) is 8.30. The van der Waals surface area contributed by atoms with E-state index in [4.69, 9.17) is 0 Å². The second-order valence-corrected chi connectivity index (χ2v) is 6.72. The molecule has 4 aliphatic rings. The fourth-order valence-electron chi connectivity index (χ4n) is 4.91. The average molecular weight is 280 g/mol. The summed E-state index contributed by atoms with van der Waals surface area (Å²) in [4.78, 5) is 0. The lowest BCUT2D eigenvalue weighted by Gasteiger charge is -2.17. The molecule has 0 heteroatoms. The summed E-state index contributed by atoms with van der Waals surface area (Å²) in [5, 5.41) is 6.05. The van der Waals surface area contributed by atoms with Gasteiger partial charge < -0.3 is 0 Å². The summed E-state index contributed by atoms with van der Waals surface area (Å²) in [6.45, 7) is 0. The van der Waals surface area contributed by atoms with Gasteiger partial charge in [0, 0.05) is 0 Å². The van der Waals surface area contributed by atoms with Gasteiger partial charge in [0.05, 0.1) is 0 Å². The van der Waals surface area contributed by atoms with Gasteiger partial charge in [-0.3, -0.25) is 0 Å². The molecular weight excluding hydrogens is 264 g/mol. The zero-order chi connectivity index (χ0) is 14.3. The van der Waals surface area contributed by atoms with E-state index in [2.05, 4.69) is 48.6 Å². The molecule has 0 nitrogen and oxygen atoms in total. The van der Waals surface area contributed by atoms with E-state index in [0.29, 0.717) is 0 Å². The molecule has 0 atom stereocenters. The van der Waals surface area contributed by atoms with Gasteiger partial charge in [0.15, 0.2) is 0 Å². The van der Waals surface area contributed by atoms with Gasteiger partial charge in [-0.2, -0.15) is 0 Å². The smallest absolute Gasteiger partial charge is 0.00207 e. The zero-order valence-electron chi connectivity index (χ0n) is 12.4.